The minimum atomic E-state index is 0.376. The lowest BCUT2D eigenvalue weighted by molar-refractivity contribution is 0.766. The first-order chi connectivity index (χ1) is 4.84. The van der Waals surface area contributed by atoms with E-state index < -0.39 is 0 Å². The summed E-state index contributed by atoms with van der Waals surface area (Å²) in [4.78, 5) is 0. The lowest BCUT2D eigenvalue weighted by Gasteiger charge is -2.07. The minimum absolute atomic E-state index is 0.376. The zero-order valence-electron chi connectivity index (χ0n) is 5.84. The Balaban J connectivity index is 2.75. The fourth-order valence-corrected chi connectivity index (χ4v) is 1.07. The fraction of sp³-hybridized carbons (Fsp3) is 0.250. The van der Waals surface area contributed by atoms with Gasteiger partial charge < -0.3 is 0 Å². The summed E-state index contributed by atoms with van der Waals surface area (Å²) in [6.07, 6.45) is 0. The lowest BCUT2D eigenvalue weighted by atomic mass is 10.1. The van der Waals surface area contributed by atoms with Gasteiger partial charge in [-0.2, -0.15) is 0 Å². The third-order valence-electron chi connectivity index (χ3n) is 1.46. The van der Waals surface area contributed by atoms with E-state index in [1.165, 1.54) is 5.56 Å². The Morgan fingerprint density at radius 3 is 2.40 bits per heavy atom. The van der Waals surface area contributed by atoms with Gasteiger partial charge in [-0.05, 0) is 12.5 Å². The van der Waals surface area contributed by atoms with Crippen molar-refractivity contribution in [3.05, 3.63) is 35.9 Å². The van der Waals surface area contributed by atoms with E-state index in [9.17, 15) is 0 Å². The number of benzene rings is 1. The summed E-state index contributed by atoms with van der Waals surface area (Å²) in [6, 6.07) is 10.7. The van der Waals surface area contributed by atoms with Crippen molar-refractivity contribution in [3.8, 4) is 0 Å². The van der Waals surface area contributed by atoms with Crippen LogP contribution in [-0.4, -0.2) is 0 Å². The molecule has 1 aromatic rings. The van der Waals surface area contributed by atoms with Crippen LogP contribution in [0, 0.1) is 0 Å². The third-order valence-corrected chi connectivity index (χ3v) is 2.15. The standard InChI is InChI=1S/C8H10BrN/c1-7(10-9)8-5-3-2-4-6-8/h2-7,10H,1H3. The summed E-state index contributed by atoms with van der Waals surface area (Å²) in [6.45, 7) is 2.10. The molecule has 54 valence electrons. The Labute approximate surface area is 69.8 Å². The molecule has 1 unspecified atom stereocenters. The van der Waals surface area contributed by atoms with Crippen molar-refractivity contribution in [2.24, 2.45) is 0 Å². The normalized spacial score (nSPS) is 13.0. The Morgan fingerprint density at radius 1 is 1.30 bits per heavy atom. The van der Waals surface area contributed by atoms with Gasteiger partial charge in [0.2, 0.25) is 0 Å². The molecule has 1 nitrogen and oxygen atoms in total. The zero-order valence-corrected chi connectivity index (χ0v) is 7.43. The fourth-order valence-electron chi connectivity index (χ4n) is 0.805. The summed E-state index contributed by atoms with van der Waals surface area (Å²) in [5, 5.41) is 0. The second-order valence-electron chi connectivity index (χ2n) is 2.24. The molecule has 1 N–H and O–H groups in total. The van der Waals surface area contributed by atoms with Crippen molar-refractivity contribution < 1.29 is 0 Å². The molecule has 0 aromatic heterocycles. The number of halogens is 1. The van der Waals surface area contributed by atoms with Crippen molar-refractivity contribution in [1.82, 2.24) is 4.34 Å². The van der Waals surface area contributed by atoms with Gasteiger partial charge >= 0.3 is 0 Å². The maximum Gasteiger partial charge on any atom is 0.0396 e. The lowest BCUT2D eigenvalue weighted by Crippen LogP contribution is -2.04. The Kier molecular flexibility index (Phi) is 2.90. The van der Waals surface area contributed by atoms with E-state index in [4.69, 9.17) is 0 Å². The molecule has 0 aliphatic carbocycles. The summed E-state index contributed by atoms with van der Waals surface area (Å²) in [5.41, 5.74) is 1.29. The van der Waals surface area contributed by atoms with Crippen LogP contribution in [0.5, 0.6) is 0 Å². The minimum Gasteiger partial charge on any atom is -0.249 e. The molecule has 0 spiro atoms. The van der Waals surface area contributed by atoms with Crippen LogP contribution in [0.15, 0.2) is 30.3 Å². The van der Waals surface area contributed by atoms with Crippen molar-refractivity contribution in [3.63, 3.8) is 0 Å². The summed E-state index contributed by atoms with van der Waals surface area (Å²) in [7, 11) is 0. The molecule has 0 fully saturated rings. The van der Waals surface area contributed by atoms with Gasteiger partial charge in [0.25, 0.3) is 0 Å². The second kappa shape index (κ2) is 3.74. The predicted molar refractivity (Wildman–Crippen MR) is 46.9 cm³/mol. The van der Waals surface area contributed by atoms with E-state index in [0.29, 0.717) is 6.04 Å². The highest BCUT2D eigenvalue weighted by molar-refractivity contribution is 9.08. The van der Waals surface area contributed by atoms with Gasteiger partial charge in [0.15, 0.2) is 0 Å². The van der Waals surface area contributed by atoms with Crippen LogP contribution < -0.4 is 4.34 Å². The van der Waals surface area contributed by atoms with Crippen LogP contribution in [0.25, 0.3) is 0 Å². The van der Waals surface area contributed by atoms with Crippen LogP contribution in [0.1, 0.15) is 18.5 Å². The van der Waals surface area contributed by atoms with Crippen LogP contribution in [0.2, 0.25) is 0 Å². The van der Waals surface area contributed by atoms with Crippen LogP contribution in [0.3, 0.4) is 0 Å². The molecule has 0 saturated heterocycles. The zero-order chi connectivity index (χ0) is 7.40. The molecule has 0 aliphatic heterocycles. The SMILES string of the molecule is CC(NBr)c1ccccc1. The largest absolute Gasteiger partial charge is 0.249 e. The van der Waals surface area contributed by atoms with E-state index in [0.717, 1.165) is 0 Å². The number of rotatable bonds is 2. The molecule has 0 amide bonds. The average Bonchev–Trinajstić information content (AvgIpc) is 2.05. The molecule has 1 aromatic carbocycles. The molecule has 1 rings (SSSR count). The second-order valence-corrected chi connectivity index (χ2v) is 2.70. The Hall–Kier alpha value is -0.340. The molecule has 1 atom stereocenters. The Morgan fingerprint density at radius 2 is 1.90 bits per heavy atom. The molecular weight excluding hydrogens is 190 g/mol. The first kappa shape index (κ1) is 7.76. The average molecular weight is 200 g/mol. The third kappa shape index (κ3) is 1.82. The number of hydrogen-bond donors (Lipinski definition) is 1. The van der Waals surface area contributed by atoms with Gasteiger partial charge in [-0.3, -0.25) is 0 Å². The molecule has 2 heteroatoms. The summed E-state index contributed by atoms with van der Waals surface area (Å²) in [5.74, 6) is 0. The number of nitrogens with one attached hydrogen (secondary N) is 1. The number of hydrogen-bond acceptors (Lipinski definition) is 1. The van der Waals surface area contributed by atoms with Gasteiger partial charge in [0.1, 0.15) is 0 Å². The topological polar surface area (TPSA) is 12.0 Å². The van der Waals surface area contributed by atoms with E-state index >= 15 is 0 Å². The first-order valence-electron chi connectivity index (χ1n) is 3.25. The predicted octanol–water partition coefficient (Wildman–Crippen LogP) is 2.65. The maximum absolute atomic E-state index is 3.20. The van der Waals surface area contributed by atoms with E-state index in [-0.39, 0.29) is 0 Å². The van der Waals surface area contributed by atoms with Gasteiger partial charge in [-0.1, -0.05) is 30.3 Å². The van der Waals surface area contributed by atoms with Crippen molar-refractivity contribution in [2.45, 2.75) is 13.0 Å². The molecular formula is C8H10BrN. The molecule has 0 bridgehead atoms. The summed E-state index contributed by atoms with van der Waals surface area (Å²) < 4.78 is 2.99. The quantitative estimate of drug-likeness (QED) is 0.723. The molecule has 0 heterocycles. The van der Waals surface area contributed by atoms with E-state index in [1.54, 1.807) is 0 Å². The molecule has 0 radical (unpaired) electrons. The van der Waals surface area contributed by atoms with Gasteiger partial charge in [-0.25, -0.2) is 4.34 Å². The monoisotopic (exact) mass is 199 g/mol. The van der Waals surface area contributed by atoms with Gasteiger partial charge in [0, 0.05) is 22.2 Å². The van der Waals surface area contributed by atoms with Crippen molar-refractivity contribution >= 4 is 16.1 Å². The highest BCUT2D eigenvalue weighted by atomic mass is 79.9. The van der Waals surface area contributed by atoms with Crippen LogP contribution >= 0.6 is 16.1 Å². The Bertz CT molecular complexity index is 186. The summed E-state index contributed by atoms with van der Waals surface area (Å²) >= 11 is 3.20. The van der Waals surface area contributed by atoms with Gasteiger partial charge in [0.05, 0.1) is 0 Å². The van der Waals surface area contributed by atoms with Gasteiger partial charge in [-0.15, -0.1) is 0 Å². The highest BCUT2D eigenvalue weighted by Gasteiger charge is 1.99. The smallest absolute Gasteiger partial charge is 0.0396 e. The van der Waals surface area contributed by atoms with Crippen molar-refractivity contribution in [1.29, 1.82) is 0 Å². The molecule has 10 heavy (non-hydrogen) atoms. The van der Waals surface area contributed by atoms with E-state index in [1.807, 2.05) is 18.2 Å². The highest BCUT2D eigenvalue weighted by Crippen LogP contribution is 2.11. The van der Waals surface area contributed by atoms with Crippen LogP contribution in [-0.2, 0) is 0 Å². The van der Waals surface area contributed by atoms with Crippen molar-refractivity contribution in [2.75, 3.05) is 0 Å². The molecule has 0 saturated carbocycles. The first-order valence-corrected chi connectivity index (χ1v) is 4.05. The van der Waals surface area contributed by atoms with Crippen LogP contribution in [0.4, 0.5) is 0 Å². The maximum atomic E-state index is 3.20. The molecule has 0 aliphatic rings. The van der Waals surface area contributed by atoms with E-state index in [2.05, 4.69) is 39.5 Å².